The van der Waals surface area contributed by atoms with Crippen molar-refractivity contribution < 1.29 is 29.8 Å². The highest BCUT2D eigenvalue weighted by atomic mass is 31.2. The van der Waals surface area contributed by atoms with E-state index < -0.39 is 26.8 Å². The van der Waals surface area contributed by atoms with Crippen molar-refractivity contribution in [2.75, 3.05) is 13.2 Å². The van der Waals surface area contributed by atoms with Crippen LogP contribution in [0, 0.1) is 0 Å². The van der Waals surface area contributed by atoms with Gasteiger partial charge < -0.3 is 29.8 Å². The molecule has 8 heteroatoms. The van der Waals surface area contributed by atoms with Crippen molar-refractivity contribution in [1.29, 1.82) is 0 Å². The van der Waals surface area contributed by atoms with E-state index in [2.05, 4.69) is 5.50 Å². The Morgan fingerprint density at radius 2 is 1.85 bits per heavy atom. The van der Waals surface area contributed by atoms with Crippen LogP contribution in [0.4, 0.5) is 0 Å². The minimum atomic E-state index is -2.12. The third-order valence-electron chi connectivity index (χ3n) is 1.44. The summed E-state index contributed by atoms with van der Waals surface area (Å²) in [5.41, 5.74) is 4.29. The molecule has 7 N–H and O–H groups in total. The second-order valence-corrected chi connectivity index (χ2v) is 3.07. The van der Waals surface area contributed by atoms with Crippen LogP contribution in [0.3, 0.4) is 0 Å². The standard InChI is InChI=1S/C5H10O4.H4NO2P/c6-1-4-5(8)3(7)2-9-4;1-4(2)3/h3-8H,1-2H2;2-3H,1H2/t3-,4+,5-;/m0./s1. The molecule has 0 aromatic heterocycles. The summed E-state index contributed by atoms with van der Waals surface area (Å²) in [6, 6.07) is 0. The van der Waals surface area contributed by atoms with E-state index in [0.717, 1.165) is 0 Å². The molecule has 80 valence electrons. The molecule has 1 aliphatic heterocycles. The quantitative estimate of drug-likeness (QED) is 0.261. The molecule has 0 bridgehead atoms. The molecule has 1 heterocycles. The summed E-state index contributed by atoms with van der Waals surface area (Å²) in [5, 5.41) is 26.2. The van der Waals surface area contributed by atoms with E-state index in [9.17, 15) is 0 Å². The summed E-state index contributed by atoms with van der Waals surface area (Å²) >= 11 is 0. The molecule has 0 radical (unpaired) electrons. The molecule has 3 atom stereocenters. The van der Waals surface area contributed by atoms with Crippen molar-refractivity contribution in [3.05, 3.63) is 0 Å². The molecule has 0 saturated carbocycles. The van der Waals surface area contributed by atoms with Gasteiger partial charge in [0, 0.05) is 0 Å². The van der Waals surface area contributed by atoms with Gasteiger partial charge in [-0.2, -0.15) is 0 Å². The number of nitrogens with two attached hydrogens (primary N) is 1. The van der Waals surface area contributed by atoms with Gasteiger partial charge in [0.2, 0.25) is 8.53 Å². The van der Waals surface area contributed by atoms with E-state index in [4.69, 9.17) is 29.8 Å². The average Bonchev–Trinajstić information content (AvgIpc) is 2.32. The Balaban J connectivity index is 0.000000310. The average molecular weight is 215 g/mol. The van der Waals surface area contributed by atoms with Gasteiger partial charge in [-0.05, 0) is 0 Å². The van der Waals surface area contributed by atoms with Crippen molar-refractivity contribution in [2.45, 2.75) is 18.3 Å². The molecule has 0 amide bonds. The molecule has 0 aromatic rings. The van der Waals surface area contributed by atoms with Gasteiger partial charge >= 0.3 is 0 Å². The maximum Gasteiger partial charge on any atom is 0.247 e. The molecule has 1 rings (SSSR count). The Morgan fingerprint density at radius 1 is 1.38 bits per heavy atom. The highest BCUT2D eigenvalue weighted by Gasteiger charge is 2.33. The topological polar surface area (TPSA) is 136 Å². The highest BCUT2D eigenvalue weighted by Crippen LogP contribution is 2.12. The summed E-state index contributed by atoms with van der Waals surface area (Å²) in [5.74, 6) is 0. The first-order valence-corrected chi connectivity index (χ1v) is 4.81. The van der Waals surface area contributed by atoms with E-state index in [0.29, 0.717) is 0 Å². The lowest BCUT2D eigenvalue weighted by Gasteiger charge is -2.10. The largest absolute Gasteiger partial charge is 0.394 e. The van der Waals surface area contributed by atoms with E-state index in [1.807, 2.05) is 0 Å². The second kappa shape index (κ2) is 6.58. The van der Waals surface area contributed by atoms with Crippen LogP contribution in [-0.4, -0.2) is 56.6 Å². The molecule has 1 fully saturated rings. The van der Waals surface area contributed by atoms with Gasteiger partial charge in [0.25, 0.3) is 0 Å². The van der Waals surface area contributed by atoms with Crippen LogP contribution in [0.15, 0.2) is 0 Å². The predicted molar refractivity (Wildman–Crippen MR) is 44.4 cm³/mol. The number of hydrogen-bond acceptors (Lipinski definition) is 7. The molecule has 1 saturated heterocycles. The molecule has 0 aliphatic carbocycles. The number of rotatable bonds is 1. The molecule has 0 aromatic carbocycles. The fraction of sp³-hybridized carbons (Fsp3) is 1.00. The normalized spacial score (nSPS) is 33.0. The Labute approximate surface area is 76.4 Å². The van der Waals surface area contributed by atoms with Crippen molar-refractivity contribution in [3.63, 3.8) is 0 Å². The maximum absolute atomic E-state index is 8.92. The third-order valence-corrected chi connectivity index (χ3v) is 1.44. The third kappa shape index (κ3) is 5.45. The second-order valence-electron chi connectivity index (χ2n) is 2.43. The summed E-state index contributed by atoms with van der Waals surface area (Å²) < 4.78 is 4.78. The Bertz CT molecular complexity index is 133. The summed E-state index contributed by atoms with van der Waals surface area (Å²) in [6.45, 7) is -0.120. The number of aliphatic hydroxyl groups is 3. The van der Waals surface area contributed by atoms with Crippen LogP contribution in [0.25, 0.3) is 0 Å². The molecular formula is C5H14NO6P. The van der Waals surface area contributed by atoms with Crippen LogP contribution < -0.4 is 5.50 Å². The molecule has 0 unspecified atom stereocenters. The fourth-order valence-electron chi connectivity index (χ4n) is 0.828. The van der Waals surface area contributed by atoms with Crippen LogP contribution in [0.5, 0.6) is 0 Å². The number of ether oxygens (including phenoxy) is 1. The van der Waals surface area contributed by atoms with Gasteiger partial charge in [-0.25, -0.2) is 0 Å². The zero-order valence-corrected chi connectivity index (χ0v) is 7.71. The first-order valence-electron chi connectivity index (χ1n) is 3.50. The lowest BCUT2D eigenvalue weighted by Crippen LogP contribution is -2.31. The van der Waals surface area contributed by atoms with Crippen molar-refractivity contribution >= 4 is 8.53 Å². The van der Waals surface area contributed by atoms with E-state index in [1.165, 1.54) is 0 Å². The monoisotopic (exact) mass is 215 g/mol. The Kier molecular flexibility index (Phi) is 6.66. The van der Waals surface area contributed by atoms with Crippen molar-refractivity contribution in [2.24, 2.45) is 5.50 Å². The predicted octanol–water partition coefficient (Wildman–Crippen LogP) is -2.74. The van der Waals surface area contributed by atoms with Gasteiger partial charge in [-0.3, -0.25) is 5.50 Å². The molecular weight excluding hydrogens is 201 g/mol. The van der Waals surface area contributed by atoms with Gasteiger partial charge in [0.1, 0.15) is 18.3 Å². The maximum atomic E-state index is 8.92. The summed E-state index contributed by atoms with van der Waals surface area (Å²) in [6.07, 6.45) is -2.35. The number of hydrogen-bond donors (Lipinski definition) is 6. The molecule has 0 spiro atoms. The van der Waals surface area contributed by atoms with Crippen LogP contribution >= 0.6 is 8.53 Å². The Hall–Kier alpha value is 0.150. The van der Waals surface area contributed by atoms with Crippen molar-refractivity contribution in [1.82, 2.24) is 0 Å². The van der Waals surface area contributed by atoms with Gasteiger partial charge in [-0.15, -0.1) is 0 Å². The first-order chi connectivity index (χ1) is 5.99. The van der Waals surface area contributed by atoms with E-state index >= 15 is 0 Å². The van der Waals surface area contributed by atoms with E-state index in [1.54, 1.807) is 0 Å². The minimum Gasteiger partial charge on any atom is -0.394 e. The van der Waals surface area contributed by atoms with Gasteiger partial charge in [0.05, 0.1) is 13.2 Å². The van der Waals surface area contributed by atoms with Crippen molar-refractivity contribution in [3.8, 4) is 0 Å². The van der Waals surface area contributed by atoms with Crippen LogP contribution in [-0.2, 0) is 4.74 Å². The Morgan fingerprint density at radius 3 is 2.00 bits per heavy atom. The number of aliphatic hydroxyl groups excluding tert-OH is 3. The minimum absolute atomic E-state index is 0.117. The zero-order chi connectivity index (χ0) is 10.4. The molecule has 1 aliphatic rings. The van der Waals surface area contributed by atoms with Crippen LogP contribution in [0.1, 0.15) is 0 Å². The lowest BCUT2D eigenvalue weighted by atomic mass is 10.2. The molecule has 7 nitrogen and oxygen atoms in total. The first kappa shape index (κ1) is 13.2. The smallest absolute Gasteiger partial charge is 0.247 e. The zero-order valence-electron chi connectivity index (χ0n) is 6.82. The summed E-state index contributed by atoms with van der Waals surface area (Å²) in [7, 11) is -2.12. The highest BCUT2D eigenvalue weighted by molar-refractivity contribution is 7.42. The van der Waals surface area contributed by atoms with Gasteiger partial charge in [0.15, 0.2) is 0 Å². The van der Waals surface area contributed by atoms with Crippen LogP contribution in [0.2, 0.25) is 0 Å². The fourth-order valence-corrected chi connectivity index (χ4v) is 0.828. The summed E-state index contributed by atoms with van der Waals surface area (Å²) in [4.78, 5) is 14.9. The SMILES string of the molecule is NP(O)O.OC[C@H]1OC[C@H](O)[C@@H]1O. The van der Waals surface area contributed by atoms with E-state index in [-0.39, 0.29) is 13.2 Å². The molecule has 13 heavy (non-hydrogen) atoms. The lowest BCUT2D eigenvalue weighted by molar-refractivity contribution is -0.00588. The van der Waals surface area contributed by atoms with Gasteiger partial charge in [-0.1, -0.05) is 0 Å².